The fourth-order valence-electron chi connectivity index (χ4n) is 0.618. The van der Waals surface area contributed by atoms with Gasteiger partial charge in [0.05, 0.1) is 0 Å². The first-order valence-electron chi connectivity index (χ1n) is 4.66. The van der Waals surface area contributed by atoms with Gasteiger partial charge in [0.2, 0.25) is 11.8 Å². The molecule has 0 aromatic rings. The van der Waals surface area contributed by atoms with Crippen molar-refractivity contribution >= 4 is 43.9 Å². The Hall–Kier alpha value is -0.680. The molecule has 136 valence electrons. The predicted octanol–water partition coefficient (Wildman–Crippen LogP) is -1.73. The molecule has 0 aliphatic heterocycles. The highest BCUT2D eigenvalue weighted by atomic mass is 31.2. The third kappa shape index (κ3) is 19.3. The number of nitrogens with two attached hydrogens (primary N) is 1. The average molecular weight is 421 g/mol. The zero-order valence-corrected chi connectivity index (χ0v) is 14.7. The summed E-state index contributed by atoms with van der Waals surface area (Å²) < 4.78 is 43.0. The third-order valence-corrected chi connectivity index (χ3v) is 5.93. The van der Waals surface area contributed by atoms with Gasteiger partial charge in [-0.05, 0) is 0 Å². The van der Waals surface area contributed by atoms with Crippen LogP contribution in [-0.2, 0) is 27.4 Å². The standard InChI is InChI=1S/C2H8N2O6P2.C2H5NO.O5P2/c3-1(4)2(11(5,6)7)12(8,9)10;1-3-2-4;1-6(2)5-7(3)4/h2H,(H3,3,4)(H2,5,6,7)(H2,8,9,10);2H,1H3,(H,3,4);/p+2. The highest BCUT2D eigenvalue weighted by Crippen LogP contribution is 2.59. The molecule has 10 N–H and O–H groups in total. The lowest BCUT2D eigenvalue weighted by molar-refractivity contribution is -0.109. The van der Waals surface area contributed by atoms with E-state index in [1.165, 1.54) is 0 Å². The molecule has 0 spiro atoms. The summed E-state index contributed by atoms with van der Waals surface area (Å²) in [5.41, 5.74) is 4.61. The van der Waals surface area contributed by atoms with Crippen molar-refractivity contribution < 1.29 is 56.7 Å². The quantitative estimate of drug-likeness (QED) is 0.0998. The van der Waals surface area contributed by atoms with Gasteiger partial charge < -0.3 is 30.6 Å². The minimum atomic E-state index is -5.07. The van der Waals surface area contributed by atoms with Crippen molar-refractivity contribution in [2.75, 3.05) is 7.05 Å². The molecule has 0 bridgehead atoms. The van der Waals surface area contributed by atoms with Gasteiger partial charge in [0.1, 0.15) is 5.84 Å². The minimum absolute atomic E-state index is 0.625. The van der Waals surface area contributed by atoms with Gasteiger partial charge in [0.25, 0.3) is 0 Å². The van der Waals surface area contributed by atoms with Crippen LogP contribution in [0, 0.1) is 5.41 Å². The molecule has 0 rings (SSSR count). The van der Waals surface area contributed by atoms with Gasteiger partial charge in [0.15, 0.2) is 4.31 Å². The lowest BCUT2D eigenvalue weighted by atomic mass is 10.7. The summed E-state index contributed by atoms with van der Waals surface area (Å²) in [6.07, 6.45) is 0.625. The molecule has 0 aromatic heterocycles. The van der Waals surface area contributed by atoms with Gasteiger partial charge in [-0.1, -0.05) is 0 Å². The van der Waals surface area contributed by atoms with Crippen molar-refractivity contribution in [3.63, 3.8) is 0 Å². The number of amides is 1. The second kappa shape index (κ2) is 12.7. The summed E-state index contributed by atoms with van der Waals surface area (Å²) >= 11 is 0. The SMILES string of the molecule is CNC=O.N=C(N)C(P(=O)(O)O)P(=O)(O)O.O=[P+](O)O[P+](=O)O. The van der Waals surface area contributed by atoms with E-state index in [1.807, 2.05) is 0 Å². The molecule has 2 atom stereocenters. The highest BCUT2D eigenvalue weighted by molar-refractivity contribution is 7.72. The Balaban J connectivity index is -0.000000307. The summed E-state index contributed by atoms with van der Waals surface area (Å²) in [6.45, 7) is 0. The van der Waals surface area contributed by atoms with Gasteiger partial charge in [-0.2, -0.15) is 0 Å². The molecule has 0 aliphatic rings. The van der Waals surface area contributed by atoms with Crippen molar-refractivity contribution in [1.82, 2.24) is 5.32 Å². The van der Waals surface area contributed by atoms with Crippen LogP contribution in [0.25, 0.3) is 0 Å². The molecule has 0 saturated heterocycles. The fraction of sp³-hybridized carbons (Fsp3) is 0.500. The smallest absolute Gasteiger partial charge is 0.386 e. The average Bonchev–Trinajstić information content (AvgIpc) is 2.22. The zero-order chi connectivity index (χ0) is 19.4. The maximum Gasteiger partial charge on any atom is 0.745 e. The highest BCUT2D eigenvalue weighted by Gasteiger charge is 2.45. The van der Waals surface area contributed by atoms with Crippen LogP contribution in [0.3, 0.4) is 0 Å². The van der Waals surface area contributed by atoms with Crippen LogP contribution in [0.15, 0.2) is 0 Å². The van der Waals surface area contributed by atoms with Crippen LogP contribution in [0.4, 0.5) is 0 Å². The van der Waals surface area contributed by atoms with Crippen LogP contribution in [0.5, 0.6) is 0 Å². The Kier molecular flexibility index (Phi) is 15.0. The molecular formula is C4H15N3O12P4+2. The van der Waals surface area contributed by atoms with Crippen LogP contribution in [-0.4, -0.2) is 54.1 Å². The van der Waals surface area contributed by atoms with Crippen LogP contribution in [0.1, 0.15) is 0 Å². The first kappa shape index (κ1) is 27.2. The van der Waals surface area contributed by atoms with E-state index in [9.17, 15) is 18.3 Å². The molecule has 1 amide bonds. The van der Waals surface area contributed by atoms with Crippen LogP contribution < -0.4 is 11.1 Å². The molecule has 0 aromatic carbocycles. The normalized spacial score (nSPS) is 12.0. The number of carbonyl (C=O) groups is 1. The molecule has 0 fully saturated rings. The second-order valence-corrected chi connectivity index (χ2v) is 8.37. The Morgan fingerprint density at radius 3 is 1.43 bits per heavy atom. The molecule has 0 radical (unpaired) electrons. The molecule has 2 unspecified atom stereocenters. The first-order valence-corrected chi connectivity index (χ1v) is 10.3. The number of nitrogens with one attached hydrogen (secondary N) is 2. The Morgan fingerprint density at radius 2 is 1.43 bits per heavy atom. The van der Waals surface area contributed by atoms with Crippen LogP contribution >= 0.6 is 31.7 Å². The monoisotopic (exact) mass is 421 g/mol. The summed E-state index contributed by atoms with van der Waals surface area (Å²) in [4.78, 5) is 57.9. The Morgan fingerprint density at radius 1 is 1.17 bits per heavy atom. The summed E-state index contributed by atoms with van der Waals surface area (Å²) in [6, 6.07) is 0. The lowest BCUT2D eigenvalue weighted by Gasteiger charge is -2.17. The largest absolute Gasteiger partial charge is 0.745 e. The predicted molar refractivity (Wildman–Crippen MR) is 75.6 cm³/mol. The van der Waals surface area contributed by atoms with E-state index in [0.29, 0.717) is 6.41 Å². The number of hydrogen-bond donors (Lipinski definition) is 9. The van der Waals surface area contributed by atoms with Crippen molar-refractivity contribution in [2.24, 2.45) is 5.73 Å². The molecule has 23 heavy (non-hydrogen) atoms. The van der Waals surface area contributed by atoms with E-state index >= 15 is 0 Å². The summed E-state index contributed by atoms with van der Waals surface area (Å²) in [5, 5.41) is 6.28. The lowest BCUT2D eigenvalue weighted by Crippen LogP contribution is -2.27. The third-order valence-electron chi connectivity index (χ3n) is 1.17. The maximum atomic E-state index is 10.4. The maximum absolute atomic E-state index is 10.4. The topological polar surface area (TPSA) is 278 Å². The molecule has 0 heterocycles. The number of hydrogen-bond acceptors (Lipinski definition) is 7. The van der Waals surface area contributed by atoms with E-state index in [2.05, 4.69) is 15.4 Å². The van der Waals surface area contributed by atoms with Gasteiger partial charge >= 0.3 is 31.7 Å². The second-order valence-electron chi connectivity index (χ2n) is 2.97. The van der Waals surface area contributed by atoms with E-state index in [4.69, 9.17) is 39.6 Å². The van der Waals surface area contributed by atoms with Gasteiger partial charge in [-0.15, -0.1) is 9.79 Å². The number of carbonyl (C=O) groups excluding carboxylic acids is 1. The Labute approximate surface area is 130 Å². The fourth-order valence-corrected chi connectivity index (χ4v) is 3.39. The molecule has 0 saturated carbocycles. The molecule has 19 heteroatoms. The summed E-state index contributed by atoms with van der Waals surface area (Å²) in [7, 11) is -14.4. The van der Waals surface area contributed by atoms with Gasteiger partial charge in [0, 0.05) is 16.2 Å². The van der Waals surface area contributed by atoms with Gasteiger partial charge in [-0.25, -0.2) is 0 Å². The van der Waals surface area contributed by atoms with Crippen molar-refractivity contribution in [2.45, 2.75) is 5.40 Å². The van der Waals surface area contributed by atoms with Crippen molar-refractivity contribution in [3.8, 4) is 0 Å². The van der Waals surface area contributed by atoms with Crippen molar-refractivity contribution in [1.29, 1.82) is 5.41 Å². The Bertz CT molecular complexity index is 476. The van der Waals surface area contributed by atoms with Crippen LogP contribution in [0.2, 0.25) is 0 Å². The van der Waals surface area contributed by atoms with E-state index in [0.717, 1.165) is 0 Å². The zero-order valence-electron chi connectivity index (χ0n) is 11.2. The van der Waals surface area contributed by atoms with Gasteiger partial charge in [-0.3, -0.25) is 19.3 Å². The van der Waals surface area contributed by atoms with E-state index in [1.54, 1.807) is 7.05 Å². The van der Waals surface area contributed by atoms with E-state index in [-0.39, 0.29) is 0 Å². The number of rotatable bonds is 6. The molecule has 15 nitrogen and oxygen atoms in total. The summed E-state index contributed by atoms with van der Waals surface area (Å²) in [5.74, 6) is -1.23. The van der Waals surface area contributed by atoms with Crippen molar-refractivity contribution in [3.05, 3.63) is 0 Å². The molecular weight excluding hydrogens is 406 g/mol. The van der Waals surface area contributed by atoms with E-state index < -0.39 is 42.9 Å². The number of amidine groups is 1. The minimum Gasteiger partial charge on any atom is -0.386 e. The first-order chi connectivity index (χ1) is 10.1. The molecule has 0 aliphatic carbocycles.